The lowest BCUT2D eigenvalue weighted by molar-refractivity contribution is -0.116. The molecule has 5 nitrogen and oxygen atoms in total. The maximum absolute atomic E-state index is 11.8. The van der Waals surface area contributed by atoms with Gasteiger partial charge in [-0.25, -0.2) is 4.79 Å². The van der Waals surface area contributed by atoms with E-state index in [-0.39, 0.29) is 18.0 Å². The van der Waals surface area contributed by atoms with Crippen molar-refractivity contribution in [1.82, 2.24) is 4.57 Å². The number of rotatable bonds is 4. The van der Waals surface area contributed by atoms with Crippen molar-refractivity contribution in [2.24, 2.45) is 0 Å². The Labute approximate surface area is 118 Å². The van der Waals surface area contributed by atoms with E-state index in [4.69, 9.17) is 5.11 Å². The molecule has 0 fully saturated rings. The number of anilines is 1. The summed E-state index contributed by atoms with van der Waals surface area (Å²) in [6, 6.07) is 8.66. The van der Waals surface area contributed by atoms with Crippen LogP contribution < -0.4 is 5.32 Å². The highest BCUT2D eigenvalue weighted by Crippen LogP contribution is 2.14. The molecule has 2 aromatic rings. The molecule has 0 atom stereocenters. The van der Waals surface area contributed by atoms with Gasteiger partial charge in [-0.3, -0.25) is 4.79 Å². The molecule has 19 heavy (non-hydrogen) atoms. The summed E-state index contributed by atoms with van der Waals surface area (Å²) in [7, 11) is 0. The summed E-state index contributed by atoms with van der Waals surface area (Å²) in [6.07, 6.45) is 2.98. The Kier molecular flexibility index (Phi) is 4.01. The van der Waals surface area contributed by atoms with Crippen LogP contribution >= 0.6 is 15.9 Å². The largest absolute Gasteiger partial charge is 0.478 e. The zero-order valence-electron chi connectivity index (χ0n) is 9.84. The molecule has 2 rings (SSSR count). The van der Waals surface area contributed by atoms with Gasteiger partial charge in [-0.1, -0.05) is 15.9 Å². The Balaban J connectivity index is 1.97. The number of nitrogens with one attached hydrogen (secondary N) is 1. The fraction of sp³-hybridized carbons (Fsp3) is 0.0769. The number of amides is 1. The first-order valence-corrected chi connectivity index (χ1v) is 6.28. The molecule has 2 N–H and O–H groups in total. The lowest BCUT2D eigenvalue weighted by Gasteiger charge is -2.06. The molecule has 1 aromatic heterocycles. The lowest BCUT2D eigenvalue weighted by Crippen LogP contribution is -2.17. The third kappa shape index (κ3) is 3.69. The monoisotopic (exact) mass is 322 g/mol. The van der Waals surface area contributed by atoms with Crippen molar-refractivity contribution >= 4 is 33.5 Å². The van der Waals surface area contributed by atoms with E-state index in [1.807, 2.05) is 12.1 Å². The van der Waals surface area contributed by atoms with Crippen molar-refractivity contribution in [2.75, 3.05) is 5.32 Å². The molecule has 0 spiro atoms. The summed E-state index contributed by atoms with van der Waals surface area (Å²) in [5.74, 6) is -1.22. The molecule has 0 aliphatic carbocycles. The van der Waals surface area contributed by atoms with Crippen LogP contribution in [0.1, 0.15) is 10.4 Å². The molecule has 1 heterocycles. The molecule has 1 amide bonds. The van der Waals surface area contributed by atoms with E-state index in [1.165, 1.54) is 16.8 Å². The molecule has 0 aliphatic rings. The van der Waals surface area contributed by atoms with Crippen LogP contribution in [0.3, 0.4) is 0 Å². The van der Waals surface area contributed by atoms with Crippen LogP contribution in [-0.2, 0) is 11.3 Å². The van der Waals surface area contributed by atoms with Crippen LogP contribution in [0.25, 0.3) is 0 Å². The SMILES string of the molecule is O=C(Cn1ccc(C(=O)O)c1)Nc1ccc(Br)cc1. The first-order valence-electron chi connectivity index (χ1n) is 5.49. The number of carbonyl (C=O) groups excluding carboxylic acids is 1. The lowest BCUT2D eigenvalue weighted by atomic mass is 10.3. The number of hydrogen-bond acceptors (Lipinski definition) is 2. The number of aromatic carboxylic acids is 1. The second-order valence-corrected chi connectivity index (χ2v) is 4.85. The third-order valence-electron chi connectivity index (χ3n) is 2.45. The van der Waals surface area contributed by atoms with E-state index >= 15 is 0 Å². The van der Waals surface area contributed by atoms with Crippen LogP contribution in [0.4, 0.5) is 5.69 Å². The van der Waals surface area contributed by atoms with Crippen molar-refractivity contribution in [2.45, 2.75) is 6.54 Å². The van der Waals surface area contributed by atoms with Crippen molar-refractivity contribution in [3.8, 4) is 0 Å². The van der Waals surface area contributed by atoms with Gasteiger partial charge < -0.3 is 15.0 Å². The molecule has 0 unspecified atom stereocenters. The summed E-state index contributed by atoms with van der Waals surface area (Å²) in [6.45, 7) is 0.0728. The number of carbonyl (C=O) groups is 2. The fourth-order valence-electron chi connectivity index (χ4n) is 1.57. The average Bonchev–Trinajstić information content (AvgIpc) is 2.80. The van der Waals surface area contributed by atoms with Crippen molar-refractivity contribution in [3.05, 3.63) is 52.8 Å². The van der Waals surface area contributed by atoms with Gasteiger partial charge in [-0.2, -0.15) is 0 Å². The van der Waals surface area contributed by atoms with Gasteiger partial charge in [-0.15, -0.1) is 0 Å². The van der Waals surface area contributed by atoms with E-state index in [1.54, 1.807) is 18.3 Å². The number of hydrogen-bond donors (Lipinski definition) is 2. The molecule has 0 aliphatic heterocycles. The Morgan fingerprint density at radius 3 is 2.47 bits per heavy atom. The minimum absolute atomic E-state index is 0.0728. The van der Waals surface area contributed by atoms with E-state index < -0.39 is 5.97 Å². The van der Waals surface area contributed by atoms with Gasteiger partial charge in [0.15, 0.2) is 0 Å². The highest BCUT2D eigenvalue weighted by Gasteiger charge is 2.07. The molecular weight excluding hydrogens is 312 g/mol. The zero-order valence-corrected chi connectivity index (χ0v) is 11.4. The second kappa shape index (κ2) is 5.71. The first kappa shape index (κ1) is 13.4. The van der Waals surface area contributed by atoms with Gasteiger partial charge in [0.25, 0.3) is 0 Å². The van der Waals surface area contributed by atoms with Crippen molar-refractivity contribution in [1.29, 1.82) is 0 Å². The number of carboxylic acids is 1. The molecule has 0 saturated carbocycles. The number of carboxylic acid groups (broad SMARTS) is 1. The maximum atomic E-state index is 11.8. The van der Waals surface area contributed by atoms with Gasteiger partial charge in [0.1, 0.15) is 6.54 Å². The first-order chi connectivity index (χ1) is 9.04. The second-order valence-electron chi connectivity index (χ2n) is 3.93. The highest BCUT2D eigenvalue weighted by atomic mass is 79.9. The Bertz CT molecular complexity index is 605. The fourth-order valence-corrected chi connectivity index (χ4v) is 1.83. The minimum Gasteiger partial charge on any atom is -0.478 e. The molecule has 6 heteroatoms. The van der Waals surface area contributed by atoms with Gasteiger partial charge in [0.2, 0.25) is 5.91 Å². The molecule has 0 radical (unpaired) electrons. The predicted molar refractivity (Wildman–Crippen MR) is 74.2 cm³/mol. The highest BCUT2D eigenvalue weighted by molar-refractivity contribution is 9.10. The van der Waals surface area contributed by atoms with Crippen molar-refractivity contribution in [3.63, 3.8) is 0 Å². The zero-order chi connectivity index (χ0) is 13.8. The third-order valence-corrected chi connectivity index (χ3v) is 2.98. The van der Waals surface area contributed by atoms with Gasteiger partial charge in [0.05, 0.1) is 5.56 Å². The van der Waals surface area contributed by atoms with Crippen molar-refractivity contribution < 1.29 is 14.7 Å². The van der Waals surface area contributed by atoms with Gasteiger partial charge >= 0.3 is 5.97 Å². The number of aromatic nitrogens is 1. The quantitative estimate of drug-likeness (QED) is 0.908. The number of benzene rings is 1. The van der Waals surface area contributed by atoms with Crippen LogP contribution in [0.2, 0.25) is 0 Å². The standard InChI is InChI=1S/C13H11BrN2O3/c14-10-1-3-11(4-2-10)15-12(17)8-16-6-5-9(7-16)13(18)19/h1-7H,8H2,(H,15,17)(H,18,19). The van der Waals surface area contributed by atoms with E-state index in [0.29, 0.717) is 5.69 Å². The Morgan fingerprint density at radius 2 is 1.89 bits per heavy atom. The normalized spacial score (nSPS) is 10.2. The van der Waals surface area contributed by atoms with E-state index in [9.17, 15) is 9.59 Å². The van der Waals surface area contributed by atoms with Gasteiger partial charge in [0, 0.05) is 22.6 Å². The number of nitrogens with zero attached hydrogens (tertiary/aromatic N) is 1. The van der Waals surface area contributed by atoms with Crippen LogP contribution in [0.15, 0.2) is 47.2 Å². The summed E-state index contributed by atoms with van der Waals surface area (Å²) < 4.78 is 2.46. The van der Waals surface area contributed by atoms with Gasteiger partial charge in [-0.05, 0) is 30.3 Å². The van der Waals surface area contributed by atoms with Crippen LogP contribution in [-0.4, -0.2) is 21.6 Å². The maximum Gasteiger partial charge on any atom is 0.337 e. The van der Waals surface area contributed by atoms with E-state index in [2.05, 4.69) is 21.2 Å². The molecule has 0 bridgehead atoms. The topological polar surface area (TPSA) is 71.3 Å². The van der Waals surface area contributed by atoms with Crippen LogP contribution in [0.5, 0.6) is 0 Å². The molecule has 0 saturated heterocycles. The number of halogens is 1. The average molecular weight is 323 g/mol. The predicted octanol–water partition coefficient (Wildman–Crippen LogP) is 2.59. The summed E-state index contributed by atoms with van der Waals surface area (Å²) in [4.78, 5) is 22.5. The molecular formula is C13H11BrN2O3. The molecule has 1 aromatic carbocycles. The summed E-state index contributed by atoms with van der Waals surface area (Å²) >= 11 is 3.31. The summed E-state index contributed by atoms with van der Waals surface area (Å²) in [5.41, 5.74) is 0.857. The molecule has 98 valence electrons. The van der Waals surface area contributed by atoms with E-state index in [0.717, 1.165) is 4.47 Å². The van der Waals surface area contributed by atoms with Crippen LogP contribution in [0, 0.1) is 0 Å². The smallest absolute Gasteiger partial charge is 0.337 e. The Morgan fingerprint density at radius 1 is 1.21 bits per heavy atom. The Hall–Kier alpha value is -2.08. The summed E-state index contributed by atoms with van der Waals surface area (Å²) in [5, 5.41) is 11.5. The minimum atomic E-state index is -1.01.